The van der Waals surface area contributed by atoms with Gasteiger partial charge in [0.1, 0.15) is 0 Å². The first-order valence-electron chi connectivity index (χ1n) is 10.3. The molecule has 3 aliphatic rings. The Hall–Kier alpha value is -2.66. The number of pyridine rings is 1. The summed E-state index contributed by atoms with van der Waals surface area (Å²) in [6.45, 7) is 4.58. The van der Waals surface area contributed by atoms with Crippen LogP contribution in [-0.4, -0.2) is 36.7 Å². The number of nitrogens with zero attached hydrogens (tertiary/aromatic N) is 2. The summed E-state index contributed by atoms with van der Waals surface area (Å²) in [6.07, 6.45) is 5.91. The molecule has 28 heavy (non-hydrogen) atoms. The van der Waals surface area contributed by atoms with Gasteiger partial charge in [0.2, 0.25) is 0 Å². The Labute approximate surface area is 164 Å². The number of hydrogen-bond acceptors (Lipinski definition) is 2. The van der Waals surface area contributed by atoms with E-state index in [0.717, 1.165) is 44.8 Å². The Bertz CT molecular complexity index is 993. The SMILES string of the molecule is O=C(/C=C/C[NH+]1C[C@H]2C[C@H](C1)c1cccc(=O)n1C2)N1CCc2ccccc21. The van der Waals surface area contributed by atoms with E-state index in [0.29, 0.717) is 11.8 Å². The van der Waals surface area contributed by atoms with Crippen LogP contribution in [0.2, 0.25) is 0 Å². The average Bonchev–Trinajstić information content (AvgIpc) is 3.13. The highest BCUT2D eigenvalue weighted by Crippen LogP contribution is 2.30. The van der Waals surface area contributed by atoms with E-state index in [1.54, 1.807) is 12.1 Å². The van der Waals surface area contributed by atoms with Crippen LogP contribution in [0.1, 0.15) is 23.6 Å². The Kier molecular flexibility index (Phi) is 4.40. The van der Waals surface area contributed by atoms with E-state index in [1.165, 1.54) is 22.6 Å². The van der Waals surface area contributed by atoms with E-state index in [-0.39, 0.29) is 11.5 Å². The lowest BCUT2D eigenvalue weighted by Crippen LogP contribution is -3.14. The van der Waals surface area contributed by atoms with Crippen molar-refractivity contribution in [3.8, 4) is 0 Å². The zero-order chi connectivity index (χ0) is 19.1. The molecule has 1 amide bonds. The van der Waals surface area contributed by atoms with Gasteiger partial charge in [-0.1, -0.05) is 24.3 Å². The molecular weight excluding hydrogens is 350 g/mol. The molecule has 0 spiro atoms. The molecule has 1 N–H and O–H groups in total. The zero-order valence-electron chi connectivity index (χ0n) is 16.0. The molecule has 144 valence electrons. The summed E-state index contributed by atoms with van der Waals surface area (Å²) in [4.78, 5) is 28.2. The number of carbonyl (C=O) groups excluding carboxylic acids is 1. The predicted molar refractivity (Wildman–Crippen MR) is 109 cm³/mol. The van der Waals surface area contributed by atoms with Crippen LogP contribution in [-0.2, 0) is 17.8 Å². The lowest BCUT2D eigenvalue weighted by Gasteiger charge is -2.40. The molecule has 0 aliphatic carbocycles. The molecule has 3 atom stereocenters. The smallest absolute Gasteiger partial charge is 0.250 e. The first-order chi connectivity index (χ1) is 13.7. The number of para-hydroxylation sites is 1. The molecule has 3 aliphatic heterocycles. The van der Waals surface area contributed by atoms with Crippen molar-refractivity contribution in [3.63, 3.8) is 0 Å². The van der Waals surface area contributed by atoms with Gasteiger partial charge in [0.15, 0.2) is 0 Å². The number of piperidine rings is 1. The van der Waals surface area contributed by atoms with Crippen LogP contribution in [0.15, 0.2) is 59.4 Å². The third kappa shape index (κ3) is 3.10. The zero-order valence-corrected chi connectivity index (χ0v) is 16.0. The van der Waals surface area contributed by atoms with Crippen LogP contribution in [0, 0.1) is 5.92 Å². The topological polar surface area (TPSA) is 46.8 Å². The number of rotatable bonds is 3. The molecule has 2 bridgehead atoms. The van der Waals surface area contributed by atoms with Crippen molar-refractivity contribution < 1.29 is 9.69 Å². The van der Waals surface area contributed by atoms with Crippen LogP contribution < -0.4 is 15.4 Å². The van der Waals surface area contributed by atoms with E-state index in [4.69, 9.17) is 0 Å². The van der Waals surface area contributed by atoms with Crippen LogP contribution in [0.3, 0.4) is 0 Å². The van der Waals surface area contributed by atoms with Gasteiger partial charge in [-0.25, -0.2) is 0 Å². The number of amides is 1. The number of fused-ring (bicyclic) bond motifs is 5. The fourth-order valence-corrected chi connectivity index (χ4v) is 5.27. The maximum Gasteiger partial charge on any atom is 0.250 e. The minimum atomic E-state index is 0.0819. The monoisotopic (exact) mass is 376 g/mol. The highest BCUT2D eigenvalue weighted by molar-refractivity contribution is 6.02. The minimum Gasteiger partial charge on any atom is -0.331 e. The molecule has 5 heteroatoms. The largest absolute Gasteiger partial charge is 0.331 e. The Morgan fingerprint density at radius 2 is 2.04 bits per heavy atom. The van der Waals surface area contributed by atoms with Crippen molar-refractivity contribution in [1.29, 1.82) is 0 Å². The third-order valence-corrected chi connectivity index (χ3v) is 6.49. The minimum absolute atomic E-state index is 0.0819. The number of anilines is 1. The van der Waals surface area contributed by atoms with E-state index < -0.39 is 0 Å². The normalized spacial score (nSPS) is 25.6. The standard InChI is InChI=1S/C23H25N3O2/c27-22(25-12-10-18-5-1-2-6-20(18)25)9-4-11-24-14-17-13-19(16-24)21-7-3-8-23(28)26(21)15-17/h1-9,17,19H,10-16H2/p+1/b9-4+/t17-,19-/m1/s1. The van der Waals surface area contributed by atoms with Crippen LogP contribution in [0.4, 0.5) is 5.69 Å². The van der Waals surface area contributed by atoms with Gasteiger partial charge in [0.05, 0.1) is 19.6 Å². The van der Waals surface area contributed by atoms with Crippen molar-refractivity contribution >= 4 is 11.6 Å². The number of nitrogens with one attached hydrogen (secondary N) is 1. The van der Waals surface area contributed by atoms with Gasteiger partial charge in [-0.2, -0.15) is 0 Å². The molecule has 1 unspecified atom stereocenters. The summed E-state index contributed by atoms with van der Waals surface area (Å²) in [5.74, 6) is 1.08. The van der Waals surface area contributed by atoms with Crippen LogP contribution in [0.5, 0.6) is 0 Å². The fraction of sp³-hybridized carbons (Fsp3) is 0.391. The van der Waals surface area contributed by atoms with Gasteiger partial charge in [0.25, 0.3) is 11.5 Å². The second kappa shape index (κ2) is 7.06. The molecule has 4 heterocycles. The summed E-state index contributed by atoms with van der Waals surface area (Å²) < 4.78 is 1.97. The predicted octanol–water partition coefficient (Wildman–Crippen LogP) is 0.996. The second-order valence-electron chi connectivity index (χ2n) is 8.33. The van der Waals surface area contributed by atoms with Gasteiger partial charge >= 0.3 is 0 Å². The van der Waals surface area contributed by atoms with Gasteiger partial charge in [-0.3, -0.25) is 9.59 Å². The molecular formula is C23H26N3O2+. The highest BCUT2D eigenvalue weighted by atomic mass is 16.2. The Balaban J connectivity index is 1.24. The van der Waals surface area contributed by atoms with Gasteiger partial charge in [0, 0.05) is 48.4 Å². The number of likely N-dealkylation sites (tertiary alicyclic amines) is 1. The first kappa shape index (κ1) is 17.4. The van der Waals surface area contributed by atoms with E-state index in [9.17, 15) is 9.59 Å². The maximum atomic E-state index is 12.6. The fourth-order valence-electron chi connectivity index (χ4n) is 5.27. The molecule has 1 aromatic carbocycles. The van der Waals surface area contributed by atoms with E-state index >= 15 is 0 Å². The van der Waals surface area contributed by atoms with E-state index in [2.05, 4.69) is 12.1 Å². The molecule has 2 aromatic rings. The van der Waals surface area contributed by atoms with Crippen LogP contribution >= 0.6 is 0 Å². The van der Waals surface area contributed by atoms with Crippen molar-refractivity contribution in [2.45, 2.75) is 25.3 Å². The molecule has 1 saturated heterocycles. The summed E-state index contributed by atoms with van der Waals surface area (Å²) in [5.41, 5.74) is 3.63. The summed E-state index contributed by atoms with van der Waals surface area (Å²) >= 11 is 0. The summed E-state index contributed by atoms with van der Waals surface area (Å²) in [6, 6.07) is 13.8. The van der Waals surface area contributed by atoms with Crippen molar-refractivity contribution in [1.82, 2.24) is 4.57 Å². The average molecular weight is 376 g/mol. The number of quaternary nitrogens is 1. The lowest BCUT2D eigenvalue weighted by atomic mass is 9.83. The Morgan fingerprint density at radius 3 is 2.96 bits per heavy atom. The van der Waals surface area contributed by atoms with E-state index in [1.807, 2.05) is 39.8 Å². The second-order valence-corrected chi connectivity index (χ2v) is 8.33. The molecule has 5 nitrogen and oxygen atoms in total. The van der Waals surface area contributed by atoms with Gasteiger partial charge in [-0.05, 0) is 36.6 Å². The third-order valence-electron chi connectivity index (χ3n) is 6.49. The maximum absolute atomic E-state index is 12.6. The molecule has 0 saturated carbocycles. The number of aromatic nitrogens is 1. The number of carbonyl (C=O) groups is 1. The summed E-state index contributed by atoms with van der Waals surface area (Å²) in [7, 11) is 0. The first-order valence-corrected chi connectivity index (χ1v) is 10.3. The molecule has 1 fully saturated rings. The Morgan fingerprint density at radius 1 is 1.14 bits per heavy atom. The van der Waals surface area contributed by atoms with Gasteiger partial charge in [-0.15, -0.1) is 0 Å². The number of hydrogen-bond donors (Lipinski definition) is 1. The molecule has 5 rings (SSSR count). The lowest BCUT2D eigenvalue weighted by molar-refractivity contribution is -0.905. The van der Waals surface area contributed by atoms with Crippen molar-refractivity contribution in [2.24, 2.45) is 5.92 Å². The van der Waals surface area contributed by atoms with Crippen molar-refractivity contribution in [2.75, 3.05) is 31.1 Å². The summed E-state index contributed by atoms with van der Waals surface area (Å²) in [5, 5.41) is 0. The quantitative estimate of drug-likeness (QED) is 0.813. The van der Waals surface area contributed by atoms with Crippen LogP contribution in [0.25, 0.3) is 0 Å². The van der Waals surface area contributed by atoms with Gasteiger partial charge < -0.3 is 14.4 Å². The molecule has 0 radical (unpaired) electrons. The molecule has 1 aromatic heterocycles. The highest BCUT2D eigenvalue weighted by Gasteiger charge is 2.36. The number of benzene rings is 1. The van der Waals surface area contributed by atoms with Crippen molar-refractivity contribution in [3.05, 3.63) is 76.2 Å².